The standard InChI is InChI=1S/C14H15FN2O2S/c1-19-13(18)14(8-16,6-12-7-17-9-20-12)10-3-2-4-11(15)5-10/h2-5,7,9H,6,8,16H2,1H3. The Kier molecular flexibility index (Phi) is 4.46. The lowest BCUT2D eigenvalue weighted by Gasteiger charge is -2.29. The van der Waals surface area contributed by atoms with E-state index >= 15 is 0 Å². The number of ether oxygens (including phenoxy) is 1. The number of carbonyl (C=O) groups is 1. The van der Waals surface area contributed by atoms with E-state index in [-0.39, 0.29) is 6.54 Å². The Labute approximate surface area is 120 Å². The Morgan fingerprint density at radius 3 is 2.90 bits per heavy atom. The molecule has 0 fully saturated rings. The molecule has 0 saturated heterocycles. The Morgan fingerprint density at radius 2 is 2.35 bits per heavy atom. The van der Waals surface area contributed by atoms with E-state index in [9.17, 15) is 9.18 Å². The predicted molar refractivity (Wildman–Crippen MR) is 75.0 cm³/mol. The molecule has 1 aromatic carbocycles. The first kappa shape index (κ1) is 14.6. The number of aromatic nitrogens is 1. The zero-order chi connectivity index (χ0) is 14.6. The number of methoxy groups -OCH3 is 1. The molecule has 0 aliphatic rings. The van der Waals surface area contributed by atoms with Gasteiger partial charge in [0.1, 0.15) is 11.2 Å². The maximum absolute atomic E-state index is 13.5. The number of nitrogens with two attached hydrogens (primary N) is 1. The van der Waals surface area contributed by atoms with E-state index in [4.69, 9.17) is 10.5 Å². The molecule has 106 valence electrons. The number of rotatable bonds is 5. The molecule has 4 nitrogen and oxygen atoms in total. The summed E-state index contributed by atoms with van der Waals surface area (Å²) in [5.74, 6) is -0.882. The molecule has 1 heterocycles. The van der Waals surface area contributed by atoms with Crippen LogP contribution < -0.4 is 5.73 Å². The second-order valence-electron chi connectivity index (χ2n) is 4.43. The zero-order valence-corrected chi connectivity index (χ0v) is 11.8. The largest absolute Gasteiger partial charge is 0.468 e. The number of hydrogen-bond donors (Lipinski definition) is 1. The van der Waals surface area contributed by atoms with Crippen molar-refractivity contribution >= 4 is 17.3 Å². The monoisotopic (exact) mass is 294 g/mol. The Balaban J connectivity index is 2.49. The third kappa shape index (κ3) is 2.71. The number of halogens is 1. The predicted octanol–water partition coefficient (Wildman–Crippen LogP) is 1.89. The molecule has 1 aromatic heterocycles. The zero-order valence-electron chi connectivity index (χ0n) is 11.0. The smallest absolute Gasteiger partial charge is 0.317 e. The minimum atomic E-state index is -1.09. The fourth-order valence-corrected chi connectivity index (χ4v) is 2.88. The maximum atomic E-state index is 13.5. The fraction of sp³-hybridized carbons (Fsp3) is 0.286. The van der Waals surface area contributed by atoms with Gasteiger partial charge in [-0.3, -0.25) is 9.78 Å². The molecule has 0 aliphatic carbocycles. The number of benzene rings is 1. The molecule has 1 unspecified atom stereocenters. The molecule has 20 heavy (non-hydrogen) atoms. The van der Waals surface area contributed by atoms with Gasteiger partial charge in [0.25, 0.3) is 0 Å². The van der Waals surface area contributed by atoms with E-state index < -0.39 is 17.2 Å². The van der Waals surface area contributed by atoms with Crippen molar-refractivity contribution in [3.8, 4) is 0 Å². The molecule has 0 spiro atoms. The van der Waals surface area contributed by atoms with Crippen LogP contribution in [0.5, 0.6) is 0 Å². The summed E-state index contributed by atoms with van der Waals surface area (Å²) in [4.78, 5) is 17.1. The highest BCUT2D eigenvalue weighted by Gasteiger charge is 2.41. The molecule has 0 amide bonds. The number of carbonyl (C=O) groups excluding carboxylic acids is 1. The van der Waals surface area contributed by atoms with E-state index in [1.165, 1.54) is 30.6 Å². The first-order chi connectivity index (χ1) is 9.62. The summed E-state index contributed by atoms with van der Waals surface area (Å²) in [6.45, 7) is 0.0288. The van der Waals surface area contributed by atoms with E-state index in [1.54, 1.807) is 23.8 Å². The van der Waals surface area contributed by atoms with Gasteiger partial charge in [-0.25, -0.2) is 4.39 Å². The Hall–Kier alpha value is -1.79. The SMILES string of the molecule is COC(=O)C(CN)(Cc1cncs1)c1cccc(F)c1. The Bertz CT molecular complexity index is 589. The lowest BCUT2D eigenvalue weighted by Crippen LogP contribution is -2.45. The second kappa shape index (κ2) is 6.11. The average Bonchev–Trinajstić information content (AvgIpc) is 2.96. The summed E-state index contributed by atoms with van der Waals surface area (Å²) in [5.41, 5.74) is 6.94. The van der Waals surface area contributed by atoms with Gasteiger partial charge < -0.3 is 10.5 Å². The van der Waals surface area contributed by atoms with Crippen LogP contribution >= 0.6 is 11.3 Å². The molecule has 1 atom stereocenters. The molecule has 6 heteroatoms. The summed E-state index contributed by atoms with van der Waals surface area (Å²) in [7, 11) is 1.30. The van der Waals surface area contributed by atoms with E-state index in [0.29, 0.717) is 12.0 Å². The topological polar surface area (TPSA) is 65.2 Å². The van der Waals surface area contributed by atoms with Gasteiger partial charge in [0.2, 0.25) is 0 Å². The van der Waals surface area contributed by atoms with Crippen LogP contribution in [-0.2, 0) is 21.4 Å². The molecular weight excluding hydrogens is 279 g/mol. The van der Waals surface area contributed by atoms with Crippen LogP contribution in [0.4, 0.5) is 4.39 Å². The first-order valence-electron chi connectivity index (χ1n) is 6.04. The van der Waals surface area contributed by atoms with Crippen LogP contribution in [0.25, 0.3) is 0 Å². The number of hydrogen-bond acceptors (Lipinski definition) is 5. The minimum absolute atomic E-state index is 0.0288. The lowest BCUT2D eigenvalue weighted by molar-refractivity contribution is -0.147. The van der Waals surface area contributed by atoms with Crippen LogP contribution in [0, 0.1) is 5.82 Å². The molecule has 0 radical (unpaired) electrons. The van der Waals surface area contributed by atoms with Gasteiger partial charge in [-0.05, 0) is 17.7 Å². The molecule has 0 saturated carbocycles. The summed E-state index contributed by atoms with van der Waals surface area (Å²) < 4.78 is 18.4. The first-order valence-corrected chi connectivity index (χ1v) is 6.92. The second-order valence-corrected chi connectivity index (χ2v) is 5.40. The highest BCUT2D eigenvalue weighted by Crippen LogP contribution is 2.31. The van der Waals surface area contributed by atoms with Gasteiger partial charge in [-0.1, -0.05) is 12.1 Å². The van der Waals surface area contributed by atoms with Crippen molar-refractivity contribution in [3.05, 3.63) is 52.2 Å². The summed E-state index contributed by atoms with van der Waals surface area (Å²) in [5, 5.41) is 0. The van der Waals surface area contributed by atoms with Crippen molar-refractivity contribution in [3.63, 3.8) is 0 Å². The minimum Gasteiger partial charge on any atom is -0.468 e. The van der Waals surface area contributed by atoms with Crippen molar-refractivity contribution in [1.29, 1.82) is 0 Å². The van der Waals surface area contributed by atoms with Crippen molar-refractivity contribution in [2.24, 2.45) is 5.73 Å². The molecule has 0 bridgehead atoms. The molecule has 0 aliphatic heterocycles. The molecule has 2 rings (SSSR count). The highest BCUT2D eigenvalue weighted by atomic mass is 32.1. The summed E-state index contributed by atoms with van der Waals surface area (Å²) >= 11 is 1.42. The fourth-order valence-electron chi connectivity index (χ4n) is 2.17. The van der Waals surface area contributed by atoms with Crippen LogP contribution in [-0.4, -0.2) is 24.6 Å². The van der Waals surface area contributed by atoms with Crippen LogP contribution in [0.3, 0.4) is 0 Å². The molecule has 2 aromatic rings. The summed E-state index contributed by atoms with van der Waals surface area (Å²) in [6.07, 6.45) is 2.02. The highest BCUT2D eigenvalue weighted by molar-refractivity contribution is 7.09. The lowest BCUT2D eigenvalue weighted by atomic mass is 9.77. The van der Waals surface area contributed by atoms with Gasteiger partial charge >= 0.3 is 5.97 Å². The third-order valence-corrected chi connectivity index (χ3v) is 4.04. The van der Waals surface area contributed by atoms with Crippen molar-refractivity contribution in [2.75, 3.05) is 13.7 Å². The third-order valence-electron chi connectivity index (χ3n) is 3.26. The van der Waals surface area contributed by atoms with Crippen molar-refractivity contribution in [1.82, 2.24) is 4.98 Å². The van der Waals surface area contributed by atoms with Gasteiger partial charge in [0, 0.05) is 24.0 Å². The van der Waals surface area contributed by atoms with E-state index in [2.05, 4.69) is 4.98 Å². The van der Waals surface area contributed by atoms with Crippen molar-refractivity contribution < 1.29 is 13.9 Å². The number of thiazole rings is 1. The van der Waals surface area contributed by atoms with Gasteiger partial charge in [-0.15, -0.1) is 11.3 Å². The van der Waals surface area contributed by atoms with Gasteiger partial charge in [0.15, 0.2) is 0 Å². The molecule has 2 N–H and O–H groups in total. The number of esters is 1. The normalized spacial score (nSPS) is 13.8. The van der Waals surface area contributed by atoms with Gasteiger partial charge in [-0.2, -0.15) is 0 Å². The van der Waals surface area contributed by atoms with Crippen LogP contribution in [0.1, 0.15) is 10.4 Å². The number of nitrogens with zero attached hydrogens (tertiary/aromatic N) is 1. The van der Waals surface area contributed by atoms with Gasteiger partial charge in [0.05, 0.1) is 12.6 Å². The van der Waals surface area contributed by atoms with Crippen LogP contribution in [0.15, 0.2) is 36.0 Å². The Morgan fingerprint density at radius 1 is 1.55 bits per heavy atom. The van der Waals surface area contributed by atoms with Crippen LogP contribution in [0.2, 0.25) is 0 Å². The van der Waals surface area contributed by atoms with E-state index in [0.717, 1.165) is 4.88 Å². The van der Waals surface area contributed by atoms with E-state index in [1.807, 2.05) is 0 Å². The van der Waals surface area contributed by atoms with Crippen molar-refractivity contribution in [2.45, 2.75) is 11.8 Å². The maximum Gasteiger partial charge on any atom is 0.317 e. The molecular formula is C14H15FN2O2S. The quantitative estimate of drug-likeness (QED) is 0.855. The average molecular weight is 294 g/mol. The summed E-state index contributed by atoms with van der Waals surface area (Å²) in [6, 6.07) is 5.90.